The molecular weight excluding hydrogens is 405 g/mol. The molecule has 2 bridgehead atoms. The average molecular weight is 436 g/mol. The Balaban J connectivity index is 1.72. The zero-order valence-corrected chi connectivity index (χ0v) is 19.9. The van der Waals surface area contributed by atoms with Crippen LogP contribution in [-0.4, -0.2) is 30.4 Å². The van der Waals surface area contributed by atoms with E-state index in [1.165, 1.54) is 22.0 Å². The molecule has 0 radical (unpaired) electrons. The van der Waals surface area contributed by atoms with Gasteiger partial charge in [0.1, 0.15) is 6.61 Å². The van der Waals surface area contributed by atoms with Crippen molar-refractivity contribution >= 4 is 29.1 Å². The Bertz CT molecular complexity index is 1070. The summed E-state index contributed by atoms with van der Waals surface area (Å²) in [4.78, 5) is 5.13. The summed E-state index contributed by atoms with van der Waals surface area (Å²) in [5.74, 6) is 1.76. The van der Waals surface area contributed by atoms with Crippen LogP contribution in [0.5, 0.6) is 0 Å². The van der Waals surface area contributed by atoms with Gasteiger partial charge in [0.25, 0.3) is 0 Å². The van der Waals surface area contributed by atoms with E-state index in [2.05, 4.69) is 88.4 Å². The quantitative estimate of drug-likeness (QED) is 0.509. The van der Waals surface area contributed by atoms with Gasteiger partial charge in [0, 0.05) is 11.3 Å². The molecule has 3 heterocycles. The third-order valence-corrected chi connectivity index (χ3v) is 13.0. The molecule has 3 aliphatic heterocycles. The molecule has 0 aliphatic carbocycles. The lowest BCUT2D eigenvalue weighted by molar-refractivity contribution is 0.279. The summed E-state index contributed by atoms with van der Waals surface area (Å²) < 4.78 is 6.33. The fourth-order valence-corrected chi connectivity index (χ4v) is 13.0. The van der Waals surface area contributed by atoms with Crippen LogP contribution >= 0.6 is 6.04 Å². The molecule has 4 heteroatoms. The molecule has 1 fully saturated rings. The van der Waals surface area contributed by atoms with E-state index in [9.17, 15) is 0 Å². The Morgan fingerprint density at radius 1 is 1.07 bits per heavy atom. The van der Waals surface area contributed by atoms with Gasteiger partial charge in [-0.2, -0.15) is 0 Å². The second kappa shape index (κ2) is 7.18. The Labute approximate surface area is 185 Å². The van der Waals surface area contributed by atoms with Crippen LogP contribution in [0.4, 0.5) is 0 Å². The monoisotopic (exact) mass is 435 g/mol. The SMILES string of the molecule is CC1=C(c2ccccc2)[P@]2(=S)C[C@]1(C)[C@@H](c1ccccc1)[C@H]2C1=NC(C(C)C)CO1. The van der Waals surface area contributed by atoms with Crippen molar-refractivity contribution in [3.05, 3.63) is 77.4 Å². The number of hydrogen-bond acceptors (Lipinski definition) is 3. The third-order valence-electron chi connectivity index (χ3n) is 7.53. The Hall–Kier alpha value is -1.70. The minimum absolute atomic E-state index is 0.0501. The zero-order valence-electron chi connectivity index (χ0n) is 18.2. The molecule has 2 aromatic carbocycles. The Morgan fingerprint density at radius 2 is 1.70 bits per heavy atom. The van der Waals surface area contributed by atoms with Gasteiger partial charge in [-0.1, -0.05) is 98.8 Å². The number of hydrogen-bond donors (Lipinski definition) is 0. The van der Waals surface area contributed by atoms with Gasteiger partial charge in [0.15, 0.2) is 5.90 Å². The van der Waals surface area contributed by atoms with Crippen LogP contribution in [-0.2, 0) is 16.5 Å². The fourth-order valence-electron chi connectivity index (χ4n) is 5.87. The van der Waals surface area contributed by atoms with Gasteiger partial charge in [-0.15, -0.1) is 0 Å². The van der Waals surface area contributed by atoms with Gasteiger partial charge >= 0.3 is 0 Å². The summed E-state index contributed by atoms with van der Waals surface area (Å²) in [5.41, 5.74) is 4.41. The van der Waals surface area contributed by atoms with Crippen molar-refractivity contribution < 1.29 is 4.74 Å². The molecule has 0 spiro atoms. The van der Waals surface area contributed by atoms with E-state index in [4.69, 9.17) is 21.5 Å². The average Bonchev–Trinajstić information content (AvgIpc) is 3.36. The van der Waals surface area contributed by atoms with E-state index >= 15 is 0 Å². The van der Waals surface area contributed by atoms with Crippen LogP contribution < -0.4 is 0 Å². The normalized spacial score (nSPS) is 35.1. The van der Waals surface area contributed by atoms with Crippen molar-refractivity contribution in [3.63, 3.8) is 0 Å². The second-order valence-electron chi connectivity index (χ2n) is 9.63. The summed E-state index contributed by atoms with van der Waals surface area (Å²) in [6.07, 6.45) is 1.07. The molecular formula is C26H30NOPS. The van der Waals surface area contributed by atoms with Crippen molar-refractivity contribution in [1.29, 1.82) is 0 Å². The highest BCUT2D eigenvalue weighted by Gasteiger charge is 2.64. The number of rotatable bonds is 4. The van der Waals surface area contributed by atoms with Crippen LogP contribution in [0.15, 0.2) is 71.2 Å². The smallest absolute Gasteiger partial charge is 0.193 e. The predicted molar refractivity (Wildman–Crippen MR) is 131 cm³/mol. The minimum atomic E-state index is -1.91. The molecule has 0 saturated carbocycles. The minimum Gasteiger partial charge on any atom is -0.478 e. The zero-order chi connectivity index (χ0) is 21.1. The molecule has 1 saturated heterocycles. The molecule has 30 heavy (non-hydrogen) atoms. The Kier molecular flexibility index (Phi) is 4.84. The lowest BCUT2D eigenvalue weighted by Gasteiger charge is -2.39. The molecule has 1 unspecified atom stereocenters. The molecule has 5 rings (SSSR count). The van der Waals surface area contributed by atoms with E-state index in [0.717, 1.165) is 12.1 Å². The van der Waals surface area contributed by atoms with Crippen molar-refractivity contribution in [2.45, 2.75) is 45.3 Å². The first-order valence-electron chi connectivity index (χ1n) is 11.0. The fraction of sp³-hybridized carbons (Fsp3) is 0.423. The highest BCUT2D eigenvalue weighted by Crippen LogP contribution is 2.83. The number of nitrogens with zero attached hydrogens (tertiary/aromatic N) is 1. The largest absolute Gasteiger partial charge is 0.478 e. The second-order valence-corrected chi connectivity index (χ2v) is 14.5. The van der Waals surface area contributed by atoms with E-state index in [1.807, 2.05) is 0 Å². The number of allylic oxidation sites excluding steroid dienone is 1. The number of aliphatic imine (C=N–C) groups is 1. The number of benzene rings is 2. The molecule has 0 amide bonds. The standard InChI is InChI=1S/C26H30NOPS/c1-17(2)21-15-28-25(27-21)24-22(19-11-7-5-8-12-19)26(4)16-29(24,30)23(18(26)3)20-13-9-6-10-14-20/h5-14,17,21-22,24H,15-16H2,1-4H3/t21?,22-,24-,26-,29+/m0/s1. The topological polar surface area (TPSA) is 21.6 Å². The lowest BCUT2D eigenvalue weighted by atomic mass is 9.68. The van der Waals surface area contributed by atoms with Crippen molar-refractivity contribution in [2.75, 3.05) is 12.8 Å². The van der Waals surface area contributed by atoms with E-state index in [-0.39, 0.29) is 17.1 Å². The molecule has 2 aromatic rings. The van der Waals surface area contributed by atoms with E-state index in [1.54, 1.807) is 0 Å². The highest BCUT2D eigenvalue weighted by molar-refractivity contribution is 8.20. The van der Waals surface area contributed by atoms with Gasteiger partial charge in [-0.3, -0.25) is 0 Å². The first-order chi connectivity index (χ1) is 14.4. The van der Waals surface area contributed by atoms with E-state index in [0.29, 0.717) is 18.4 Å². The van der Waals surface area contributed by atoms with E-state index < -0.39 is 6.04 Å². The maximum atomic E-state index is 6.69. The molecule has 3 aliphatic rings. The maximum Gasteiger partial charge on any atom is 0.193 e. The number of fused-ring (bicyclic) bond motifs is 2. The van der Waals surface area contributed by atoms with Crippen molar-refractivity contribution in [1.82, 2.24) is 0 Å². The van der Waals surface area contributed by atoms with Crippen LogP contribution in [0.3, 0.4) is 0 Å². The molecule has 0 aromatic heterocycles. The van der Waals surface area contributed by atoms with Crippen LogP contribution in [0, 0.1) is 11.3 Å². The first kappa shape index (κ1) is 20.2. The van der Waals surface area contributed by atoms with Crippen molar-refractivity contribution in [3.8, 4) is 0 Å². The van der Waals surface area contributed by atoms with Gasteiger partial charge in [0.2, 0.25) is 0 Å². The molecule has 0 N–H and O–H groups in total. The van der Waals surface area contributed by atoms with Gasteiger partial charge in [-0.25, -0.2) is 4.99 Å². The summed E-state index contributed by atoms with van der Waals surface area (Å²) >= 11 is 6.69. The summed E-state index contributed by atoms with van der Waals surface area (Å²) in [5, 5.41) is 1.44. The van der Waals surface area contributed by atoms with Gasteiger partial charge in [-0.05, 0) is 41.5 Å². The number of ether oxygens (including phenoxy) is 1. The predicted octanol–water partition coefficient (Wildman–Crippen LogP) is 6.54. The maximum absolute atomic E-state index is 6.69. The van der Waals surface area contributed by atoms with Crippen LogP contribution in [0.2, 0.25) is 0 Å². The van der Waals surface area contributed by atoms with Crippen molar-refractivity contribution in [2.24, 2.45) is 16.3 Å². The molecule has 156 valence electrons. The highest BCUT2D eigenvalue weighted by atomic mass is 32.4. The van der Waals surface area contributed by atoms with Gasteiger partial charge in [0.05, 0.1) is 11.7 Å². The summed E-state index contributed by atoms with van der Waals surface area (Å²) in [6, 6.07) is 20.1. The third kappa shape index (κ3) is 2.82. The van der Waals surface area contributed by atoms with Crippen LogP contribution in [0.25, 0.3) is 5.31 Å². The van der Waals surface area contributed by atoms with Gasteiger partial charge < -0.3 is 4.74 Å². The molecule has 5 atom stereocenters. The Morgan fingerprint density at radius 3 is 2.30 bits per heavy atom. The molecule has 2 nitrogen and oxygen atoms in total. The lowest BCUT2D eigenvalue weighted by Crippen LogP contribution is -2.35. The van der Waals surface area contributed by atoms with Crippen LogP contribution in [0.1, 0.15) is 44.7 Å². The summed E-state index contributed by atoms with van der Waals surface area (Å²) in [6.45, 7) is 9.92. The summed E-state index contributed by atoms with van der Waals surface area (Å²) in [7, 11) is 0. The first-order valence-corrected chi connectivity index (χ1v) is 14.0.